The highest BCUT2D eigenvalue weighted by Gasteiger charge is 1.92. The Kier molecular flexibility index (Phi) is 4.63. The predicted octanol–water partition coefficient (Wildman–Crippen LogP) is 1.65. The van der Waals surface area contributed by atoms with Crippen molar-refractivity contribution in [2.45, 2.75) is 6.92 Å². The average molecular weight is 221 g/mol. The van der Waals surface area contributed by atoms with Crippen molar-refractivity contribution in [2.24, 2.45) is 0 Å². The van der Waals surface area contributed by atoms with Crippen LogP contribution < -0.4 is 16.2 Å². The molecule has 0 saturated heterocycles. The highest BCUT2D eigenvalue weighted by Crippen LogP contribution is 2.10. The van der Waals surface area contributed by atoms with E-state index < -0.39 is 0 Å². The molecule has 0 unspecified atom stereocenters. The molecule has 0 amide bonds. The summed E-state index contributed by atoms with van der Waals surface area (Å²) >= 11 is 4.91. The lowest BCUT2D eigenvalue weighted by molar-refractivity contribution is 0.805. The van der Waals surface area contributed by atoms with Crippen molar-refractivity contribution in [3.8, 4) is 0 Å². The lowest BCUT2D eigenvalue weighted by atomic mass is 10.1. The lowest BCUT2D eigenvalue weighted by Crippen LogP contribution is -2.39. The van der Waals surface area contributed by atoms with Gasteiger partial charge in [0.1, 0.15) is 0 Å². The van der Waals surface area contributed by atoms with Crippen LogP contribution in [0.25, 0.3) is 5.57 Å². The van der Waals surface area contributed by atoms with Gasteiger partial charge in [-0.2, -0.15) is 0 Å². The molecule has 1 rings (SSSR count). The van der Waals surface area contributed by atoms with Crippen LogP contribution in [0, 0.1) is 0 Å². The molecule has 3 N–H and O–H groups in total. The van der Waals surface area contributed by atoms with Gasteiger partial charge in [-0.05, 0) is 30.3 Å². The van der Waals surface area contributed by atoms with Crippen LogP contribution in [0.5, 0.6) is 0 Å². The molecule has 0 aliphatic rings. The van der Waals surface area contributed by atoms with E-state index in [0.29, 0.717) is 5.11 Å². The number of hydrogen-bond acceptors (Lipinski definition) is 2. The van der Waals surface area contributed by atoms with Gasteiger partial charge in [-0.15, -0.1) is 0 Å². The highest BCUT2D eigenvalue weighted by atomic mass is 32.1. The molecule has 4 heteroatoms. The lowest BCUT2D eigenvalue weighted by Gasteiger charge is -2.07. The van der Waals surface area contributed by atoms with Crippen molar-refractivity contribution in [3.63, 3.8) is 0 Å². The Morgan fingerprint density at radius 1 is 1.27 bits per heavy atom. The summed E-state index contributed by atoms with van der Waals surface area (Å²) < 4.78 is 0. The maximum absolute atomic E-state index is 4.91. The van der Waals surface area contributed by atoms with Gasteiger partial charge in [0.25, 0.3) is 0 Å². The van der Waals surface area contributed by atoms with Gasteiger partial charge in [0.15, 0.2) is 5.11 Å². The third-order valence-corrected chi connectivity index (χ3v) is 2.24. The van der Waals surface area contributed by atoms with Crippen LogP contribution in [0.3, 0.4) is 0 Å². The second-order valence-electron chi connectivity index (χ2n) is 3.04. The zero-order valence-electron chi connectivity index (χ0n) is 8.87. The molecule has 80 valence electrons. The van der Waals surface area contributed by atoms with Gasteiger partial charge >= 0.3 is 0 Å². The number of thiocarbonyl (C=S) groups is 1. The Bertz CT molecular complexity index is 346. The normalized spacial score (nSPS) is 10.7. The minimum Gasteiger partial charge on any atom is -0.364 e. The summed E-state index contributed by atoms with van der Waals surface area (Å²) in [6, 6.07) is 10.1. The standard InChI is InChI=1S/C11H15N3S/c1-9(8-13-14-11(15)12-2)10-6-4-3-5-7-10/h3-8,13H,1-2H3,(H2,12,14,15). The quantitative estimate of drug-likeness (QED) is 0.536. The van der Waals surface area contributed by atoms with Crippen LogP contribution in [0.2, 0.25) is 0 Å². The maximum atomic E-state index is 4.91. The summed E-state index contributed by atoms with van der Waals surface area (Å²) in [7, 11) is 1.77. The molecule has 0 bridgehead atoms. The molecule has 0 aliphatic carbocycles. The molecule has 0 fully saturated rings. The summed E-state index contributed by atoms with van der Waals surface area (Å²) in [6.45, 7) is 2.03. The van der Waals surface area contributed by atoms with Gasteiger partial charge < -0.3 is 10.7 Å². The Morgan fingerprint density at radius 3 is 2.53 bits per heavy atom. The first kappa shape index (κ1) is 11.5. The topological polar surface area (TPSA) is 36.1 Å². The van der Waals surface area contributed by atoms with E-state index in [1.165, 1.54) is 5.56 Å². The van der Waals surface area contributed by atoms with E-state index in [1.54, 1.807) is 7.05 Å². The molecular formula is C11H15N3S. The number of rotatable bonds is 3. The van der Waals surface area contributed by atoms with Crippen molar-refractivity contribution in [1.29, 1.82) is 0 Å². The first-order valence-corrected chi connectivity index (χ1v) is 5.10. The van der Waals surface area contributed by atoms with Gasteiger partial charge in [-0.1, -0.05) is 30.3 Å². The summed E-state index contributed by atoms with van der Waals surface area (Å²) in [5, 5.41) is 3.37. The van der Waals surface area contributed by atoms with Crippen LogP contribution >= 0.6 is 12.2 Å². The summed E-state index contributed by atoms with van der Waals surface area (Å²) in [5.41, 5.74) is 8.07. The molecule has 15 heavy (non-hydrogen) atoms. The van der Waals surface area contributed by atoms with Gasteiger partial charge in [-0.25, -0.2) is 0 Å². The fourth-order valence-corrected chi connectivity index (χ4v) is 1.12. The maximum Gasteiger partial charge on any atom is 0.184 e. The first-order valence-electron chi connectivity index (χ1n) is 4.69. The van der Waals surface area contributed by atoms with Crippen LogP contribution in [0.4, 0.5) is 0 Å². The molecule has 0 radical (unpaired) electrons. The van der Waals surface area contributed by atoms with Crippen LogP contribution in [-0.2, 0) is 0 Å². The van der Waals surface area contributed by atoms with E-state index in [4.69, 9.17) is 12.2 Å². The van der Waals surface area contributed by atoms with Crippen molar-refractivity contribution in [3.05, 3.63) is 42.1 Å². The molecule has 1 aromatic carbocycles. The predicted molar refractivity (Wildman–Crippen MR) is 68.0 cm³/mol. The van der Waals surface area contributed by atoms with Crippen molar-refractivity contribution in [1.82, 2.24) is 16.2 Å². The zero-order valence-corrected chi connectivity index (χ0v) is 9.69. The number of benzene rings is 1. The van der Waals surface area contributed by atoms with E-state index in [0.717, 1.165) is 5.57 Å². The number of hydrogen-bond donors (Lipinski definition) is 3. The molecular weight excluding hydrogens is 206 g/mol. The average Bonchev–Trinajstić information content (AvgIpc) is 2.29. The summed E-state index contributed by atoms with van der Waals surface area (Å²) in [6.07, 6.45) is 1.87. The second kappa shape index (κ2) is 6.03. The monoisotopic (exact) mass is 221 g/mol. The van der Waals surface area contributed by atoms with Gasteiger partial charge in [-0.3, -0.25) is 5.43 Å². The minimum absolute atomic E-state index is 0.562. The van der Waals surface area contributed by atoms with Crippen LogP contribution in [0.15, 0.2) is 36.5 Å². The Labute approximate surface area is 95.5 Å². The van der Waals surface area contributed by atoms with Gasteiger partial charge in [0, 0.05) is 13.2 Å². The number of allylic oxidation sites excluding steroid dienone is 1. The molecule has 3 nitrogen and oxygen atoms in total. The Morgan fingerprint density at radius 2 is 1.93 bits per heavy atom. The molecule has 0 heterocycles. The van der Waals surface area contributed by atoms with E-state index in [-0.39, 0.29) is 0 Å². The summed E-state index contributed by atoms with van der Waals surface area (Å²) in [5.74, 6) is 0. The highest BCUT2D eigenvalue weighted by molar-refractivity contribution is 7.80. The largest absolute Gasteiger partial charge is 0.364 e. The van der Waals surface area contributed by atoms with E-state index in [2.05, 4.69) is 28.3 Å². The SMILES string of the molecule is CNC(=S)NNC=C(C)c1ccccc1. The van der Waals surface area contributed by atoms with Gasteiger partial charge in [0.05, 0.1) is 0 Å². The zero-order chi connectivity index (χ0) is 11.1. The summed E-state index contributed by atoms with van der Waals surface area (Å²) in [4.78, 5) is 0. The minimum atomic E-state index is 0.562. The number of nitrogens with one attached hydrogen (secondary N) is 3. The van der Waals surface area contributed by atoms with E-state index in [9.17, 15) is 0 Å². The van der Waals surface area contributed by atoms with Crippen molar-refractivity contribution < 1.29 is 0 Å². The fraction of sp³-hybridized carbons (Fsp3) is 0.182. The fourth-order valence-electron chi connectivity index (χ4n) is 1.06. The van der Waals surface area contributed by atoms with Crippen LogP contribution in [-0.4, -0.2) is 12.2 Å². The number of hydrazine groups is 1. The smallest absolute Gasteiger partial charge is 0.184 e. The van der Waals surface area contributed by atoms with E-state index >= 15 is 0 Å². The third-order valence-electron chi connectivity index (χ3n) is 1.93. The molecule has 1 aromatic rings. The van der Waals surface area contributed by atoms with Crippen LogP contribution in [0.1, 0.15) is 12.5 Å². The van der Waals surface area contributed by atoms with Crippen molar-refractivity contribution >= 4 is 22.9 Å². The Balaban J connectivity index is 2.50. The molecule has 0 atom stereocenters. The molecule has 0 spiro atoms. The van der Waals surface area contributed by atoms with Gasteiger partial charge in [0.2, 0.25) is 0 Å². The Hall–Kier alpha value is -1.55. The second-order valence-corrected chi connectivity index (χ2v) is 3.45. The third kappa shape index (κ3) is 3.99. The van der Waals surface area contributed by atoms with E-state index in [1.807, 2.05) is 31.3 Å². The molecule has 0 aliphatic heterocycles. The van der Waals surface area contributed by atoms with Crippen molar-refractivity contribution in [2.75, 3.05) is 7.05 Å². The molecule has 0 aromatic heterocycles. The molecule has 0 saturated carbocycles. The first-order chi connectivity index (χ1) is 7.24.